The molecule has 0 bridgehead atoms. The third-order valence-corrected chi connectivity index (χ3v) is 4.63. The van der Waals surface area contributed by atoms with Gasteiger partial charge in [0, 0.05) is 12.2 Å². The van der Waals surface area contributed by atoms with Gasteiger partial charge in [0.15, 0.2) is 0 Å². The molecule has 0 saturated carbocycles. The Morgan fingerprint density at radius 1 is 1.27 bits per heavy atom. The summed E-state index contributed by atoms with van der Waals surface area (Å²) in [6.45, 7) is 9.99. The van der Waals surface area contributed by atoms with Crippen molar-refractivity contribution in [1.29, 1.82) is 5.26 Å². The lowest BCUT2D eigenvalue weighted by atomic mass is 10.1. The average Bonchev–Trinajstić information content (AvgIpc) is 2.59. The van der Waals surface area contributed by atoms with Crippen LogP contribution in [0.2, 0.25) is 0 Å². The Morgan fingerprint density at radius 3 is 2.50 bits per heavy atom. The monoisotopic (exact) mass is 357 g/mol. The van der Waals surface area contributed by atoms with Crippen molar-refractivity contribution in [3.05, 3.63) is 29.8 Å². The lowest BCUT2D eigenvalue weighted by Gasteiger charge is -2.33. The number of nitrogens with zero attached hydrogens (tertiary/aromatic N) is 3. The molecule has 1 amide bonds. The van der Waals surface area contributed by atoms with Gasteiger partial charge in [0.2, 0.25) is 0 Å². The maximum absolute atomic E-state index is 12.8. The quantitative estimate of drug-likeness (QED) is 0.778. The van der Waals surface area contributed by atoms with Crippen LogP contribution in [0.15, 0.2) is 24.3 Å². The number of anilines is 1. The number of carbonyl (C=O) groups is 1. The summed E-state index contributed by atoms with van der Waals surface area (Å²) in [6, 6.07) is 10.1. The molecule has 1 aliphatic rings. The maximum Gasteiger partial charge on any atom is 0.414 e. The zero-order valence-corrected chi connectivity index (χ0v) is 16.5. The molecule has 1 aliphatic heterocycles. The number of hydrogen-bond acceptors (Lipinski definition) is 4. The van der Waals surface area contributed by atoms with E-state index in [-0.39, 0.29) is 12.1 Å². The van der Waals surface area contributed by atoms with Crippen molar-refractivity contribution in [2.45, 2.75) is 65.0 Å². The number of para-hydroxylation sites is 1. The van der Waals surface area contributed by atoms with Crippen LogP contribution in [-0.4, -0.2) is 42.3 Å². The van der Waals surface area contributed by atoms with Crippen molar-refractivity contribution in [3.63, 3.8) is 0 Å². The number of amides is 1. The first-order chi connectivity index (χ1) is 12.3. The fraction of sp³-hybridized carbons (Fsp3) is 0.619. The van der Waals surface area contributed by atoms with Crippen LogP contribution < -0.4 is 4.90 Å². The number of carbonyl (C=O) groups excluding carboxylic acids is 1. The molecule has 0 aromatic heterocycles. The Bertz CT molecular complexity index is 639. The number of likely N-dealkylation sites (tertiary alicyclic amines) is 1. The van der Waals surface area contributed by atoms with E-state index < -0.39 is 5.60 Å². The van der Waals surface area contributed by atoms with E-state index in [1.54, 1.807) is 4.90 Å². The largest absolute Gasteiger partial charge is 0.443 e. The van der Waals surface area contributed by atoms with Gasteiger partial charge in [-0.2, -0.15) is 5.26 Å². The van der Waals surface area contributed by atoms with Crippen LogP contribution in [0.1, 0.15) is 52.0 Å². The second kappa shape index (κ2) is 9.05. The van der Waals surface area contributed by atoms with Crippen LogP contribution in [-0.2, 0) is 4.74 Å². The molecule has 5 nitrogen and oxygen atoms in total. The third-order valence-electron chi connectivity index (χ3n) is 4.63. The molecule has 0 aliphatic carbocycles. The third kappa shape index (κ3) is 5.74. The van der Waals surface area contributed by atoms with Crippen molar-refractivity contribution in [1.82, 2.24) is 4.90 Å². The first-order valence-corrected chi connectivity index (χ1v) is 9.51. The van der Waals surface area contributed by atoms with Crippen molar-refractivity contribution in [2.24, 2.45) is 0 Å². The van der Waals surface area contributed by atoms with E-state index in [0.717, 1.165) is 37.2 Å². The molecule has 1 aromatic carbocycles. The van der Waals surface area contributed by atoms with E-state index in [2.05, 4.69) is 11.0 Å². The molecule has 5 heteroatoms. The van der Waals surface area contributed by atoms with Gasteiger partial charge in [0.25, 0.3) is 0 Å². The van der Waals surface area contributed by atoms with Crippen molar-refractivity contribution in [2.75, 3.05) is 24.5 Å². The minimum absolute atomic E-state index is 0.163. The van der Waals surface area contributed by atoms with Crippen LogP contribution in [0.25, 0.3) is 0 Å². The van der Waals surface area contributed by atoms with Gasteiger partial charge in [-0.25, -0.2) is 4.79 Å². The zero-order chi connectivity index (χ0) is 19.2. The molecule has 2 rings (SSSR count). The molecule has 1 fully saturated rings. The molecule has 1 saturated heterocycles. The van der Waals surface area contributed by atoms with Gasteiger partial charge in [0.1, 0.15) is 5.60 Å². The van der Waals surface area contributed by atoms with E-state index >= 15 is 0 Å². The number of rotatable bonds is 5. The van der Waals surface area contributed by atoms with Crippen LogP contribution >= 0.6 is 0 Å². The molecule has 142 valence electrons. The van der Waals surface area contributed by atoms with Crippen molar-refractivity contribution < 1.29 is 9.53 Å². The Morgan fingerprint density at radius 2 is 1.92 bits per heavy atom. The van der Waals surface area contributed by atoms with E-state index in [0.29, 0.717) is 13.0 Å². The van der Waals surface area contributed by atoms with Gasteiger partial charge >= 0.3 is 6.09 Å². The molecule has 0 N–H and O–H groups in total. The normalized spacial score (nSPS) is 16.6. The highest BCUT2D eigenvalue weighted by atomic mass is 16.6. The molecule has 1 unspecified atom stereocenters. The predicted molar refractivity (Wildman–Crippen MR) is 104 cm³/mol. The summed E-state index contributed by atoms with van der Waals surface area (Å²) in [5, 5.41) is 9.62. The van der Waals surface area contributed by atoms with Gasteiger partial charge < -0.3 is 4.74 Å². The Hall–Kier alpha value is -2.06. The fourth-order valence-corrected chi connectivity index (χ4v) is 3.30. The number of piperidine rings is 1. The minimum atomic E-state index is -0.556. The molecule has 1 heterocycles. The number of ether oxygens (including phenoxy) is 1. The maximum atomic E-state index is 12.8. The smallest absolute Gasteiger partial charge is 0.414 e. The lowest BCUT2D eigenvalue weighted by molar-refractivity contribution is 0.0577. The summed E-state index contributed by atoms with van der Waals surface area (Å²) in [5.41, 5.74) is 1.31. The molecule has 0 radical (unpaired) electrons. The molecule has 26 heavy (non-hydrogen) atoms. The van der Waals surface area contributed by atoms with Crippen LogP contribution in [0.5, 0.6) is 0 Å². The summed E-state index contributed by atoms with van der Waals surface area (Å²) in [6.07, 6.45) is 3.78. The van der Waals surface area contributed by atoms with E-state index in [1.165, 1.54) is 6.42 Å². The first-order valence-electron chi connectivity index (χ1n) is 9.51. The summed E-state index contributed by atoms with van der Waals surface area (Å²) in [7, 11) is 0. The zero-order valence-electron chi connectivity index (χ0n) is 16.5. The Kier molecular flexibility index (Phi) is 7.05. The van der Waals surface area contributed by atoms with E-state index in [4.69, 9.17) is 4.74 Å². The van der Waals surface area contributed by atoms with Crippen LogP contribution in [0.3, 0.4) is 0 Å². The number of hydrogen-bond donors (Lipinski definition) is 0. The number of nitriles is 1. The number of aryl methyl sites for hydroxylation is 1. The topological polar surface area (TPSA) is 56.6 Å². The first kappa shape index (κ1) is 20.3. The van der Waals surface area contributed by atoms with Crippen molar-refractivity contribution in [3.8, 4) is 6.07 Å². The van der Waals surface area contributed by atoms with E-state index in [9.17, 15) is 10.1 Å². The Labute approximate surface area is 157 Å². The second-order valence-corrected chi connectivity index (χ2v) is 7.95. The summed E-state index contributed by atoms with van der Waals surface area (Å²) in [5.74, 6) is 0. The van der Waals surface area contributed by atoms with Gasteiger partial charge in [-0.05, 0) is 71.7 Å². The summed E-state index contributed by atoms with van der Waals surface area (Å²) < 4.78 is 5.61. The Balaban J connectivity index is 2.14. The van der Waals surface area contributed by atoms with Crippen molar-refractivity contribution >= 4 is 11.8 Å². The highest BCUT2D eigenvalue weighted by Gasteiger charge is 2.27. The highest BCUT2D eigenvalue weighted by molar-refractivity contribution is 5.88. The van der Waals surface area contributed by atoms with Crippen LogP contribution in [0, 0.1) is 18.3 Å². The van der Waals surface area contributed by atoms with Gasteiger partial charge in [-0.15, -0.1) is 0 Å². The molecule has 0 spiro atoms. The summed E-state index contributed by atoms with van der Waals surface area (Å²) >= 11 is 0. The highest BCUT2D eigenvalue weighted by Crippen LogP contribution is 2.23. The van der Waals surface area contributed by atoms with Gasteiger partial charge in [0.05, 0.1) is 12.1 Å². The standard InChI is InChI=1S/C21H31N3O2/c1-17-10-6-7-11-19(17)24(20(25)26-21(2,3)4)15-12-18(16-22)23-13-8-5-9-14-23/h6-7,10-11,18H,5,8-9,12-15H2,1-4H3. The SMILES string of the molecule is Cc1ccccc1N(CCC(C#N)N1CCCCC1)C(=O)OC(C)(C)C. The van der Waals surface area contributed by atoms with Gasteiger partial charge in [-0.1, -0.05) is 24.6 Å². The van der Waals surface area contributed by atoms with Crippen LogP contribution in [0.4, 0.5) is 10.5 Å². The van der Waals surface area contributed by atoms with Gasteiger partial charge in [-0.3, -0.25) is 9.80 Å². The van der Waals surface area contributed by atoms with E-state index in [1.807, 2.05) is 52.0 Å². The molecule has 1 atom stereocenters. The molecular formula is C21H31N3O2. The second-order valence-electron chi connectivity index (χ2n) is 7.95. The molecular weight excluding hydrogens is 326 g/mol. The number of benzene rings is 1. The molecule has 1 aromatic rings. The minimum Gasteiger partial charge on any atom is -0.443 e. The predicted octanol–water partition coefficient (Wildman–Crippen LogP) is 4.50. The summed E-state index contributed by atoms with van der Waals surface area (Å²) in [4.78, 5) is 16.7. The fourth-order valence-electron chi connectivity index (χ4n) is 3.30. The lowest BCUT2D eigenvalue weighted by Crippen LogP contribution is -2.43. The average molecular weight is 357 g/mol.